The van der Waals surface area contributed by atoms with Crippen molar-refractivity contribution in [1.29, 1.82) is 0 Å². The first kappa shape index (κ1) is 13.5. The summed E-state index contributed by atoms with van der Waals surface area (Å²) >= 11 is 0. The fourth-order valence-corrected chi connectivity index (χ4v) is 2.05. The summed E-state index contributed by atoms with van der Waals surface area (Å²) < 4.78 is 0. The van der Waals surface area contributed by atoms with Crippen molar-refractivity contribution in [2.75, 3.05) is 51.2 Å². The van der Waals surface area contributed by atoms with Gasteiger partial charge in [0.05, 0.1) is 0 Å². The molecule has 0 spiro atoms. The number of guanidine groups is 1. The topological polar surface area (TPSA) is 82.7 Å². The van der Waals surface area contributed by atoms with Gasteiger partial charge in [0.15, 0.2) is 5.96 Å². The molecule has 1 aliphatic rings. The van der Waals surface area contributed by atoms with Crippen LogP contribution in [0.3, 0.4) is 0 Å². The summed E-state index contributed by atoms with van der Waals surface area (Å²) in [6.07, 6.45) is 3.57. The van der Waals surface area contributed by atoms with Crippen LogP contribution in [0.15, 0.2) is 23.5 Å². The molecule has 2 rings (SSSR count). The number of aliphatic imine (C=N–C) groups is 1. The molecule has 104 valence electrons. The molecule has 1 saturated heterocycles. The molecular formula is C12H21N7. The van der Waals surface area contributed by atoms with E-state index in [2.05, 4.69) is 30.1 Å². The third-order valence-corrected chi connectivity index (χ3v) is 3.18. The number of hydrogen-bond donors (Lipinski definition) is 2. The van der Waals surface area contributed by atoms with Crippen molar-refractivity contribution in [3.05, 3.63) is 18.5 Å². The third-order valence-electron chi connectivity index (χ3n) is 3.18. The summed E-state index contributed by atoms with van der Waals surface area (Å²) in [7, 11) is 1.68. The van der Waals surface area contributed by atoms with Crippen LogP contribution < -0.4 is 16.0 Å². The Bertz CT molecular complexity index is 398. The molecule has 3 N–H and O–H groups in total. The van der Waals surface area contributed by atoms with Gasteiger partial charge in [0.25, 0.3) is 0 Å². The Morgan fingerprint density at radius 1 is 1.32 bits per heavy atom. The molecule has 0 aromatic carbocycles. The zero-order chi connectivity index (χ0) is 13.5. The number of anilines is 1. The minimum absolute atomic E-state index is 0.497. The normalized spacial score (nSPS) is 17.5. The van der Waals surface area contributed by atoms with Gasteiger partial charge in [-0.2, -0.15) is 0 Å². The van der Waals surface area contributed by atoms with Crippen LogP contribution >= 0.6 is 0 Å². The van der Waals surface area contributed by atoms with Crippen molar-refractivity contribution in [3.63, 3.8) is 0 Å². The maximum Gasteiger partial charge on any atom is 0.225 e. The molecule has 1 aliphatic heterocycles. The van der Waals surface area contributed by atoms with Gasteiger partial charge in [-0.05, 0) is 6.07 Å². The molecule has 7 heteroatoms. The van der Waals surface area contributed by atoms with E-state index in [-0.39, 0.29) is 0 Å². The van der Waals surface area contributed by atoms with Crippen molar-refractivity contribution < 1.29 is 0 Å². The predicted octanol–water partition coefficient (Wildman–Crippen LogP) is -0.867. The van der Waals surface area contributed by atoms with Gasteiger partial charge in [-0.1, -0.05) is 0 Å². The van der Waals surface area contributed by atoms with Crippen LogP contribution in [0.5, 0.6) is 0 Å². The fraction of sp³-hybridized carbons (Fsp3) is 0.583. The Morgan fingerprint density at radius 2 is 2.00 bits per heavy atom. The SMILES string of the molecule is CN=C(N)NCCN1CCN(c2ncccn2)CC1. The average molecular weight is 263 g/mol. The summed E-state index contributed by atoms with van der Waals surface area (Å²) in [6.45, 7) is 5.75. The fourth-order valence-electron chi connectivity index (χ4n) is 2.05. The molecule has 0 saturated carbocycles. The number of aromatic nitrogens is 2. The molecule has 1 aromatic heterocycles. The van der Waals surface area contributed by atoms with E-state index < -0.39 is 0 Å². The van der Waals surface area contributed by atoms with Crippen molar-refractivity contribution in [2.45, 2.75) is 0 Å². The Hall–Kier alpha value is -1.89. The number of nitrogens with two attached hydrogens (primary N) is 1. The van der Waals surface area contributed by atoms with Gasteiger partial charge >= 0.3 is 0 Å². The highest BCUT2D eigenvalue weighted by atomic mass is 15.3. The van der Waals surface area contributed by atoms with Crippen LogP contribution in [0.25, 0.3) is 0 Å². The van der Waals surface area contributed by atoms with Gasteiger partial charge in [0.1, 0.15) is 0 Å². The van der Waals surface area contributed by atoms with E-state index in [9.17, 15) is 0 Å². The van der Waals surface area contributed by atoms with Crippen LogP contribution in [0.1, 0.15) is 0 Å². The summed E-state index contributed by atoms with van der Waals surface area (Å²) in [5.41, 5.74) is 5.58. The Morgan fingerprint density at radius 3 is 2.63 bits per heavy atom. The van der Waals surface area contributed by atoms with Crippen LogP contribution in [-0.2, 0) is 0 Å². The second kappa shape index (κ2) is 6.89. The van der Waals surface area contributed by atoms with Gasteiger partial charge in [-0.15, -0.1) is 0 Å². The van der Waals surface area contributed by atoms with Crippen molar-refractivity contribution in [1.82, 2.24) is 20.2 Å². The van der Waals surface area contributed by atoms with E-state index in [1.54, 1.807) is 19.4 Å². The molecule has 0 aliphatic carbocycles. The molecule has 0 unspecified atom stereocenters. The minimum Gasteiger partial charge on any atom is -0.370 e. The highest BCUT2D eigenvalue weighted by Gasteiger charge is 2.17. The summed E-state index contributed by atoms with van der Waals surface area (Å²) in [5, 5.41) is 3.07. The lowest BCUT2D eigenvalue weighted by atomic mass is 10.3. The van der Waals surface area contributed by atoms with Gasteiger partial charge in [0, 0.05) is 58.7 Å². The number of hydrogen-bond acceptors (Lipinski definition) is 5. The quantitative estimate of drug-likeness (QED) is 0.543. The van der Waals surface area contributed by atoms with Crippen molar-refractivity contribution >= 4 is 11.9 Å². The zero-order valence-electron chi connectivity index (χ0n) is 11.3. The lowest BCUT2D eigenvalue weighted by Gasteiger charge is -2.34. The molecule has 7 nitrogen and oxygen atoms in total. The molecule has 0 amide bonds. The van der Waals surface area contributed by atoms with Crippen LogP contribution in [-0.4, -0.2) is 67.1 Å². The number of nitrogens with one attached hydrogen (secondary N) is 1. The van der Waals surface area contributed by atoms with E-state index in [1.807, 2.05) is 6.07 Å². The van der Waals surface area contributed by atoms with Gasteiger partial charge in [-0.25, -0.2) is 9.97 Å². The number of piperazine rings is 1. The van der Waals surface area contributed by atoms with Gasteiger partial charge in [-0.3, -0.25) is 9.89 Å². The summed E-state index contributed by atoms with van der Waals surface area (Å²) in [4.78, 5) is 17.0. The van der Waals surface area contributed by atoms with Crippen LogP contribution in [0.2, 0.25) is 0 Å². The van der Waals surface area contributed by atoms with E-state index in [4.69, 9.17) is 5.73 Å². The Balaban J connectivity index is 1.71. The zero-order valence-corrected chi connectivity index (χ0v) is 11.3. The molecule has 0 atom stereocenters. The molecule has 1 aromatic rings. The molecule has 1 fully saturated rings. The molecule has 2 heterocycles. The standard InChI is InChI=1S/C12H21N7/c1-14-11(13)15-5-6-18-7-9-19(10-8-18)12-16-3-2-4-17-12/h2-4H,5-10H2,1H3,(H3,13,14,15). The highest BCUT2D eigenvalue weighted by Crippen LogP contribution is 2.08. The third kappa shape index (κ3) is 4.06. The Labute approximate surface area is 113 Å². The smallest absolute Gasteiger partial charge is 0.225 e. The van der Waals surface area contributed by atoms with Gasteiger partial charge < -0.3 is 16.0 Å². The highest BCUT2D eigenvalue weighted by molar-refractivity contribution is 5.77. The first-order chi connectivity index (χ1) is 9.29. The second-order valence-electron chi connectivity index (χ2n) is 4.41. The van der Waals surface area contributed by atoms with E-state index >= 15 is 0 Å². The lowest BCUT2D eigenvalue weighted by molar-refractivity contribution is 0.260. The van der Waals surface area contributed by atoms with E-state index in [1.165, 1.54) is 0 Å². The summed E-state index contributed by atoms with van der Waals surface area (Å²) in [5.74, 6) is 1.32. The molecule has 0 radical (unpaired) electrons. The maximum absolute atomic E-state index is 5.58. The number of nitrogens with zero attached hydrogens (tertiary/aromatic N) is 5. The van der Waals surface area contributed by atoms with E-state index in [0.717, 1.165) is 45.2 Å². The first-order valence-electron chi connectivity index (χ1n) is 6.50. The Kier molecular flexibility index (Phi) is 4.91. The maximum atomic E-state index is 5.58. The molecule has 0 bridgehead atoms. The predicted molar refractivity (Wildman–Crippen MR) is 76.2 cm³/mol. The lowest BCUT2D eigenvalue weighted by Crippen LogP contribution is -2.49. The average Bonchev–Trinajstić information content (AvgIpc) is 2.48. The summed E-state index contributed by atoms with van der Waals surface area (Å²) in [6, 6.07) is 1.84. The molecule has 19 heavy (non-hydrogen) atoms. The number of rotatable bonds is 4. The van der Waals surface area contributed by atoms with E-state index in [0.29, 0.717) is 5.96 Å². The van der Waals surface area contributed by atoms with Gasteiger partial charge in [0.2, 0.25) is 5.95 Å². The first-order valence-corrected chi connectivity index (χ1v) is 6.50. The van der Waals surface area contributed by atoms with Crippen molar-refractivity contribution in [2.24, 2.45) is 10.7 Å². The second-order valence-corrected chi connectivity index (χ2v) is 4.41. The minimum atomic E-state index is 0.497. The monoisotopic (exact) mass is 263 g/mol. The largest absolute Gasteiger partial charge is 0.370 e. The van der Waals surface area contributed by atoms with Crippen LogP contribution in [0, 0.1) is 0 Å². The van der Waals surface area contributed by atoms with Crippen molar-refractivity contribution in [3.8, 4) is 0 Å². The molecular weight excluding hydrogens is 242 g/mol. The van der Waals surface area contributed by atoms with Crippen LogP contribution in [0.4, 0.5) is 5.95 Å².